The van der Waals surface area contributed by atoms with E-state index in [1.54, 1.807) is 0 Å². The molecule has 0 aromatic heterocycles. The van der Waals surface area contributed by atoms with Gasteiger partial charge in [-0.2, -0.15) is 0 Å². The summed E-state index contributed by atoms with van der Waals surface area (Å²) >= 11 is 0. The van der Waals surface area contributed by atoms with Crippen LogP contribution in [-0.4, -0.2) is 24.5 Å². The minimum absolute atomic E-state index is 0. The molecule has 0 radical (unpaired) electrons. The second-order valence-electron chi connectivity index (χ2n) is 6.12. The van der Waals surface area contributed by atoms with E-state index in [-0.39, 0.29) is 18.6 Å². The lowest BCUT2D eigenvalue weighted by Crippen LogP contribution is -2.36. The molecule has 1 heterocycles. The predicted molar refractivity (Wildman–Crippen MR) is 71.8 cm³/mol. The van der Waals surface area contributed by atoms with Gasteiger partial charge in [-0.25, -0.2) is 4.79 Å². The van der Waals surface area contributed by atoms with Gasteiger partial charge in [-0.05, 0) is 39.5 Å². The van der Waals surface area contributed by atoms with Crippen molar-refractivity contribution >= 4 is 18.6 Å². The average molecular weight is 278 g/mol. The quantitative estimate of drug-likeness (QED) is 0.748. The van der Waals surface area contributed by atoms with Crippen LogP contribution in [0.15, 0.2) is 0 Å². The van der Waals surface area contributed by atoms with Crippen molar-refractivity contribution in [2.75, 3.05) is 6.54 Å². The first-order valence-electron chi connectivity index (χ1n) is 6.59. The summed E-state index contributed by atoms with van der Waals surface area (Å²) in [4.78, 5) is 11.6. The number of carbonyl (C=O) groups excluding carboxylic acids is 1. The van der Waals surface area contributed by atoms with Crippen molar-refractivity contribution in [3.05, 3.63) is 0 Å². The lowest BCUT2D eigenvalue weighted by Gasteiger charge is -2.28. The summed E-state index contributed by atoms with van der Waals surface area (Å²) in [6.07, 6.45) is 4.27. The Morgan fingerprint density at radius 1 is 1.22 bits per heavy atom. The Labute approximate surface area is 115 Å². The Bertz CT molecular complexity index is 290. The summed E-state index contributed by atoms with van der Waals surface area (Å²) < 4.78 is 10.6. The van der Waals surface area contributed by atoms with Gasteiger partial charge in [-0.3, -0.25) is 5.32 Å². The van der Waals surface area contributed by atoms with Crippen LogP contribution < -0.4 is 5.32 Å². The van der Waals surface area contributed by atoms with Crippen molar-refractivity contribution in [1.82, 2.24) is 5.32 Å². The third kappa shape index (κ3) is 4.02. The fraction of sp³-hybridized carbons (Fsp3) is 0.923. The van der Waals surface area contributed by atoms with Crippen LogP contribution in [0.1, 0.15) is 46.5 Å². The first kappa shape index (κ1) is 15.6. The van der Waals surface area contributed by atoms with Gasteiger partial charge in [-0.1, -0.05) is 12.8 Å². The molecule has 1 saturated carbocycles. The zero-order chi connectivity index (χ0) is 12.5. The molecule has 0 amide bonds. The van der Waals surface area contributed by atoms with Gasteiger partial charge < -0.3 is 9.47 Å². The number of rotatable bonds is 1. The molecule has 0 spiro atoms. The molecule has 1 aliphatic carbocycles. The highest BCUT2D eigenvalue weighted by Gasteiger charge is 2.40. The minimum Gasteiger partial charge on any atom is -0.429 e. The van der Waals surface area contributed by atoms with Gasteiger partial charge >= 0.3 is 6.16 Å². The molecule has 0 aromatic carbocycles. The van der Waals surface area contributed by atoms with Gasteiger partial charge in [0.25, 0.3) is 0 Å². The van der Waals surface area contributed by atoms with Crippen LogP contribution in [0.2, 0.25) is 0 Å². The summed E-state index contributed by atoms with van der Waals surface area (Å²) in [6.45, 7) is 6.51. The number of halogens is 1. The highest BCUT2D eigenvalue weighted by Crippen LogP contribution is 2.36. The van der Waals surface area contributed by atoms with Gasteiger partial charge in [0.1, 0.15) is 5.60 Å². The predicted octanol–water partition coefficient (Wildman–Crippen LogP) is 3.10. The summed E-state index contributed by atoms with van der Waals surface area (Å²) in [5, 5.41) is 3.29. The molecule has 2 aliphatic rings. The fourth-order valence-corrected chi connectivity index (χ4v) is 2.81. The summed E-state index contributed by atoms with van der Waals surface area (Å²) in [6, 6.07) is 0. The standard InChI is InChI=1S/C13H23NO3.ClH/c1-13(2,3)17-12(15)16-11-10-7-5-4-6-9(10)8-14-11;/h9-11,14H,4-8H2,1-3H3;1H/t9?,10?,11-;/m0./s1. The van der Waals surface area contributed by atoms with Gasteiger partial charge in [0.15, 0.2) is 6.23 Å². The van der Waals surface area contributed by atoms with Crippen LogP contribution in [0.25, 0.3) is 0 Å². The lowest BCUT2D eigenvalue weighted by molar-refractivity contribution is -0.0442. The number of nitrogens with one attached hydrogen (secondary N) is 1. The highest BCUT2D eigenvalue weighted by atomic mass is 35.5. The summed E-state index contributed by atoms with van der Waals surface area (Å²) in [5.74, 6) is 1.16. The normalized spacial score (nSPS) is 31.2. The molecule has 4 nitrogen and oxygen atoms in total. The molecule has 1 aliphatic heterocycles. The lowest BCUT2D eigenvalue weighted by atomic mass is 9.81. The Balaban J connectivity index is 0.00000162. The van der Waals surface area contributed by atoms with Crippen molar-refractivity contribution in [3.63, 3.8) is 0 Å². The molecule has 1 saturated heterocycles. The van der Waals surface area contributed by atoms with E-state index >= 15 is 0 Å². The largest absolute Gasteiger partial charge is 0.510 e. The van der Waals surface area contributed by atoms with E-state index in [1.165, 1.54) is 19.3 Å². The van der Waals surface area contributed by atoms with E-state index in [1.807, 2.05) is 20.8 Å². The van der Waals surface area contributed by atoms with Gasteiger partial charge in [0, 0.05) is 12.5 Å². The zero-order valence-electron chi connectivity index (χ0n) is 11.4. The van der Waals surface area contributed by atoms with Crippen LogP contribution in [0.5, 0.6) is 0 Å². The molecule has 18 heavy (non-hydrogen) atoms. The van der Waals surface area contributed by atoms with Gasteiger partial charge in [-0.15, -0.1) is 12.4 Å². The smallest absolute Gasteiger partial charge is 0.429 e. The molecule has 2 fully saturated rings. The second-order valence-corrected chi connectivity index (χ2v) is 6.12. The maximum Gasteiger partial charge on any atom is 0.510 e. The number of hydrogen-bond donors (Lipinski definition) is 1. The van der Waals surface area contributed by atoms with E-state index in [9.17, 15) is 4.79 Å². The molecule has 2 rings (SSSR count). The molecule has 0 aromatic rings. The Morgan fingerprint density at radius 3 is 2.56 bits per heavy atom. The number of fused-ring (bicyclic) bond motifs is 1. The average Bonchev–Trinajstić information content (AvgIpc) is 2.59. The van der Waals surface area contributed by atoms with Crippen LogP contribution >= 0.6 is 12.4 Å². The first-order valence-corrected chi connectivity index (χ1v) is 6.59. The maximum absolute atomic E-state index is 11.6. The van der Waals surface area contributed by atoms with Crippen LogP contribution in [0.3, 0.4) is 0 Å². The van der Waals surface area contributed by atoms with Crippen molar-refractivity contribution in [1.29, 1.82) is 0 Å². The monoisotopic (exact) mass is 277 g/mol. The summed E-state index contributed by atoms with van der Waals surface area (Å²) in [7, 11) is 0. The van der Waals surface area contributed by atoms with Gasteiger partial charge in [0.2, 0.25) is 0 Å². The highest BCUT2D eigenvalue weighted by molar-refractivity contribution is 5.85. The molecular formula is C13H24ClNO3. The Morgan fingerprint density at radius 2 is 1.89 bits per heavy atom. The molecule has 0 bridgehead atoms. The summed E-state index contributed by atoms with van der Waals surface area (Å²) in [5.41, 5.74) is -0.484. The third-order valence-electron chi connectivity index (χ3n) is 3.55. The Kier molecular flexibility index (Phi) is 5.29. The molecule has 1 N–H and O–H groups in total. The van der Waals surface area contributed by atoms with E-state index in [0.717, 1.165) is 13.0 Å². The number of hydrogen-bond acceptors (Lipinski definition) is 4. The maximum atomic E-state index is 11.6. The van der Waals surface area contributed by atoms with Gasteiger partial charge in [0.05, 0.1) is 0 Å². The molecule has 5 heteroatoms. The third-order valence-corrected chi connectivity index (χ3v) is 3.55. The number of ether oxygens (including phenoxy) is 2. The van der Waals surface area contributed by atoms with Crippen molar-refractivity contribution in [3.8, 4) is 0 Å². The molecule has 3 atom stereocenters. The van der Waals surface area contributed by atoms with E-state index < -0.39 is 11.8 Å². The fourth-order valence-electron chi connectivity index (χ4n) is 2.81. The van der Waals surface area contributed by atoms with E-state index in [4.69, 9.17) is 9.47 Å². The molecule has 106 valence electrons. The Hall–Kier alpha value is -0.480. The number of carbonyl (C=O) groups is 1. The SMILES string of the molecule is CC(C)(C)OC(=O)O[C@@H]1NCC2CCCCC21.Cl. The minimum atomic E-state index is -0.554. The topological polar surface area (TPSA) is 47.6 Å². The first-order chi connectivity index (χ1) is 7.96. The van der Waals surface area contributed by atoms with E-state index in [2.05, 4.69) is 5.32 Å². The van der Waals surface area contributed by atoms with Crippen molar-refractivity contribution in [2.45, 2.75) is 58.3 Å². The van der Waals surface area contributed by atoms with E-state index in [0.29, 0.717) is 11.8 Å². The van der Waals surface area contributed by atoms with Crippen molar-refractivity contribution < 1.29 is 14.3 Å². The van der Waals surface area contributed by atoms with Crippen LogP contribution in [0, 0.1) is 11.8 Å². The molecule has 2 unspecified atom stereocenters. The van der Waals surface area contributed by atoms with Crippen LogP contribution in [-0.2, 0) is 9.47 Å². The zero-order valence-corrected chi connectivity index (χ0v) is 12.2. The van der Waals surface area contributed by atoms with Crippen LogP contribution in [0.4, 0.5) is 4.79 Å². The molecular weight excluding hydrogens is 254 g/mol. The second kappa shape index (κ2) is 6.11. The van der Waals surface area contributed by atoms with Crippen molar-refractivity contribution in [2.24, 2.45) is 11.8 Å².